The van der Waals surface area contributed by atoms with E-state index in [0.717, 1.165) is 11.3 Å². The third-order valence-corrected chi connectivity index (χ3v) is 2.51. The third-order valence-electron chi connectivity index (χ3n) is 2.51. The summed E-state index contributed by atoms with van der Waals surface area (Å²) in [5.74, 6) is 0. The lowest BCUT2D eigenvalue weighted by atomic mass is 10.2. The van der Waals surface area contributed by atoms with Gasteiger partial charge in [-0.3, -0.25) is 14.6 Å². The SMILES string of the molecule is Cc1ccc(N2CCN(C=O)C2=O)cc1. The fourth-order valence-electron chi connectivity index (χ4n) is 1.62. The van der Waals surface area contributed by atoms with Gasteiger partial charge in [0.1, 0.15) is 0 Å². The number of aryl methyl sites for hydroxylation is 1. The van der Waals surface area contributed by atoms with Crippen LogP contribution in [0.25, 0.3) is 0 Å². The van der Waals surface area contributed by atoms with Crippen LogP contribution in [-0.4, -0.2) is 30.4 Å². The molecule has 1 aliphatic heterocycles. The number of amides is 3. The van der Waals surface area contributed by atoms with Crippen molar-refractivity contribution < 1.29 is 9.59 Å². The van der Waals surface area contributed by atoms with Crippen molar-refractivity contribution in [2.75, 3.05) is 18.0 Å². The highest BCUT2D eigenvalue weighted by molar-refractivity contribution is 5.99. The first-order valence-corrected chi connectivity index (χ1v) is 4.82. The lowest BCUT2D eigenvalue weighted by Crippen LogP contribution is -2.30. The normalized spacial score (nSPS) is 15.9. The average molecular weight is 204 g/mol. The van der Waals surface area contributed by atoms with E-state index >= 15 is 0 Å². The number of hydrogen-bond acceptors (Lipinski definition) is 2. The van der Waals surface area contributed by atoms with E-state index in [-0.39, 0.29) is 6.03 Å². The monoisotopic (exact) mass is 204 g/mol. The number of benzene rings is 1. The van der Waals surface area contributed by atoms with Crippen molar-refractivity contribution in [2.24, 2.45) is 0 Å². The fourth-order valence-corrected chi connectivity index (χ4v) is 1.62. The Morgan fingerprint density at radius 2 is 1.87 bits per heavy atom. The molecule has 0 spiro atoms. The number of imide groups is 1. The van der Waals surface area contributed by atoms with E-state index in [1.54, 1.807) is 4.90 Å². The maximum atomic E-state index is 11.6. The molecule has 0 atom stereocenters. The van der Waals surface area contributed by atoms with Crippen LogP contribution < -0.4 is 4.90 Å². The van der Waals surface area contributed by atoms with Crippen molar-refractivity contribution in [1.82, 2.24) is 4.90 Å². The molecule has 0 aliphatic carbocycles. The standard InChI is InChI=1S/C11H12N2O2/c1-9-2-4-10(5-3-9)13-7-6-12(8-14)11(13)15/h2-5,8H,6-7H2,1H3. The second-order valence-electron chi connectivity index (χ2n) is 3.57. The quantitative estimate of drug-likeness (QED) is 0.683. The molecule has 4 heteroatoms. The summed E-state index contributed by atoms with van der Waals surface area (Å²) in [6, 6.07) is 7.44. The topological polar surface area (TPSA) is 40.6 Å². The number of carbonyl (C=O) groups excluding carboxylic acids is 2. The van der Waals surface area contributed by atoms with Crippen molar-refractivity contribution in [3.8, 4) is 0 Å². The molecule has 0 radical (unpaired) electrons. The minimum atomic E-state index is -0.242. The largest absolute Gasteiger partial charge is 0.331 e. The number of urea groups is 1. The molecule has 0 bridgehead atoms. The molecule has 1 aromatic rings. The molecular formula is C11H12N2O2. The van der Waals surface area contributed by atoms with Crippen molar-refractivity contribution in [1.29, 1.82) is 0 Å². The Hall–Kier alpha value is -1.84. The highest BCUT2D eigenvalue weighted by Gasteiger charge is 2.28. The molecule has 4 nitrogen and oxygen atoms in total. The van der Waals surface area contributed by atoms with Gasteiger partial charge in [-0.2, -0.15) is 0 Å². The summed E-state index contributed by atoms with van der Waals surface area (Å²) in [5.41, 5.74) is 1.99. The molecular weight excluding hydrogens is 192 g/mol. The molecule has 1 aliphatic rings. The van der Waals surface area contributed by atoms with Gasteiger partial charge in [0.05, 0.1) is 0 Å². The summed E-state index contributed by atoms with van der Waals surface area (Å²) in [7, 11) is 0. The molecule has 0 unspecified atom stereocenters. The van der Waals surface area contributed by atoms with E-state index in [1.807, 2.05) is 31.2 Å². The van der Waals surface area contributed by atoms with Crippen LogP contribution in [0.4, 0.5) is 10.5 Å². The average Bonchev–Trinajstić information content (AvgIpc) is 2.61. The lowest BCUT2D eigenvalue weighted by Gasteiger charge is -2.15. The smallest absolute Gasteiger partial charge is 0.292 e. The van der Waals surface area contributed by atoms with E-state index in [1.165, 1.54) is 4.90 Å². The molecule has 0 saturated carbocycles. The zero-order valence-electron chi connectivity index (χ0n) is 8.51. The number of anilines is 1. The second-order valence-corrected chi connectivity index (χ2v) is 3.57. The molecule has 78 valence electrons. The Morgan fingerprint density at radius 1 is 1.20 bits per heavy atom. The number of carbonyl (C=O) groups is 2. The summed E-state index contributed by atoms with van der Waals surface area (Å²) in [4.78, 5) is 25.0. The molecule has 1 heterocycles. The van der Waals surface area contributed by atoms with E-state index in [0.29, 0.717) is 19.5 Å². The summed E-state index contributed by atoms with van der Waals surface area (Å²) >= 11 is 0. The Bertz CT molecular complexity index is 386. The van der Waals surface area contributed by atoms with Crippen LogP contribution in [-0.2, 0) is 4.79 Å². The van der Waals surface area contributed by atoms with Crippen LogP contribution in [0.15, 0.2) is 24.3 Å². The number of hydrogen-bond donors (Lipinski definition) is 0. The van der Waals surface area contributed by atoms with E-state index < -0.39 is 0 Å². The van der Waals surface area contributed by atoms with Crippen LogP contribution in [0.3, 0.4) is 0 Å². The molecule has 2 rings (SSSR count). The summed E-state index contributed by atoms with van der Waals surface area (Å²) in [5, 5.41) is 0. The van der Waals surface area contributed by atoms with Crippen molar-refractivity contribution >= 4 is 18.1 Å². The Kier molecular flexibility index (Phi) is 2.41. The van der Waals surface area contributed by atoms with Gasteiger partial charge in [0.25, 0.3) is 0 Å². The zero-order valence-corrected chi connectivity index (χ0v) is 8.51. The van der Waals surface area contributed by atoms with Crippen LogP contribution in [0.5, 0.6) is 0 Å². The van der Waals surface area contributed by atoms with Crippen LogP contribution in [0, 0.1) is 6.92 Å². The van der Waals surface area contributed by atoms with Gasteiger partial charge in [-0.15, -0.1) is 0 Å². The van der Waals surface area contributed by atoms with Crippen molar-refractivity contribution in [3.05, 3.63) is 29.8 Å². The van der Waals surface area contributed by atoms with Gasteiger partial charge in [0.2, 0.25) is 6.41 Å². The first-order valence-electron chi connectivity index (χ1n) is 4.82. The van der Waals surface area contributed by atoms with Gasteiger partial charge in [0, 0.05) is 18.8 Å². The van der Waals surface area contributed by atoms with Gasteiger partial charge >= 0.3 is 6.03 Å². The van der Waals surface area contributed by atoms with Crippen LogP contribution in [0.1, 0.15) is 5.56 Å². The molecule has 0 N–H and O–H groups in total. The van der Waals surface area contributed by atoms with Gasteiger partial charge in [-0.05, 0) is 19.1 Å². The van der Waals surface area contributed by atoms with Gasteiger partial charge in [-0.1, -0.05) is 17.7 Å². The summed E-state index contributed by atoms with van der Waals surface area (Å²) in [6.07, 6.45) is 0.580. The third kappa shape index (κ3) is 1.70. The fraction of sp³-hybridized carbons (Fsp3) is 0.273. The van der Waals surface area contributed by atoms with Gasteiger partial charge < -0.3 is 0 Å². The number of nitrogens with zero attached hydrogens (tertiary/aromatic N) is 2. The minimum Gasteiger partial charge on any atom is -0.292 e. The first kappa shape index (κ1) is 9.71. The highest BCUT2D eigenvalue weighted by Crippen LogP contribution is 2.19. The second kappa shape index (κ2) is 3.73. The van der Waals surface area contributed by atoms with Gasteiger partial charge in [-0.25, -0.2) is 4.79 Å². The molecule has 15 heavy (non-hydrogen) atoms. The van der Waals surface area contributed by atoms with E-state index in [4.69, 9.17) is 0 Å². The number of rotatable bonds is 2. The van der Waals surface area contributed by atoms with Crippen LogP contribution >= 0.6 is 0 Å². The summed E-state index contributed by atoms with van der Waals surface area (Å²) in [6.45, 7) is 3.03. The maximum absolute atomic E-state index is 11.6. The highest BCUT2D eigenvalue weighted by atomic mass is 16.2. The predicted molar refractivity (Wildman–Crippen MR) is 56.7 cm³/mol. The first-order chi connectivity index (χ1) is 7.22. The Balaban J connectivity index is 2.22. The van der Waals surface area contributed by atoms with Crippen LogP contribution in [0.2, 0.25) is 0 Å². The lowest BCUT2D eigenvalue weighted by molar-refractivity contribution is -0.115. The Labute approximate surface area is 88.1 Å². The van der Waals surface area contributed by atoms with E-state index in [2.05, 4.69) is 0 Å². The molecule has 1 aromatic carbocycles. The molecule has 1 saturated heterocycles. The Morgan fingerprint density at radius 3 is 2.40 bits per heavy atom. The van der Waals surface area contributed by atoms with E-state index in [9.17, 15) is 9.59 Å². The molecule has 1 fully saturated rings. The van der Waals surface area contributed by atoms with Crippen molar-refractivity contribution in [3.63, 3.8) is 0 Å². The molecule has 3 amide bonds. The van der Waals surface area contributed by atoms with Gasteiger partial charge in [0.15, 0.2) is 0 Å². The maximum Gasteiger partial charge on any atom is 0.331 e. The summed E-state index contributed by atoms with van der Waals surface area (Å²) < 4.78 is 0. The zero-order chi connectivity index (χ0) is 10.8. The predicted octanol–water partition coefficient (Wildman–Crippen LogP) is 1.39. The minimum absolute atomic E-state index is 0.242. The molecule has 0 aromatic heterocycles. The van der Waals surface area contributed by atoms with Crippen molar-refractivity contribution in [2.45, 2.75) is 6.92 Å².